The minimum absolute atomic E-state index is 0.102. The summed E-state index contributed by atoms with van der Waals surface area (Å²) >= 11 is 1.48. The minimum Gasteiger partial charge on any atom is -0.380 e. The Bertz CT molecular complexity index is 838. The van der Waals surface area contributed by atoms with E-state index in [0.717, 1.165) is 16.1 Å². The number of anilines is 1. The average Bonchev–Trinajstić information content (AvgIpc) is 2.63. The zero-order valence-corrected chi connectivity index (χ0v) is 14.4. The third-order valence-corrected chi connectivity index (χ3v) is 4.62. The van der Waals surface area contributed by atoms with Gasteiger partial charge in [0, 0.05) is 11.1 Å². The molecule has 0 radical (unpaired) electrons. The van der Waals surface area contributed by atoms with Crippen molar-refractivity contribution in [1.29, 1.82) is 0 Å². The summed E-state index contributed by atoms with van der Waals surface area (Å²) in [5.74, 6) is -0.127. The Morgan fingerprint density at radius 3 is 3.00 bits per heavy atom. The second-order valence-corrected chi connectivity index (χ2v) is 6.50. The van der Waals surface area contributed by atoms with Crippen LogP contribution in [0.2, 0.25) is 0 Å². The Kier molecular flexibility index (Phi) is 4.99. The van der Waals surface area contributed by atoms with Crippen molar-refractivity contribution in [3.63, 3.8) is 0 Å². The number of amidine groups is 1. The molecule has 3 N–H and O–H groups in total. The summed E-state index contributed by atoms with van der Waals surface area (Å²) in [5.41, 5.74) is 10.5. The van der Waals surface area contributed by atoms with Gasteiger partial charge in [-0.25, -0.2) is 5.43 Å². The third kappa shape index (κ3) is 3.97. The summed E-state index contributed by atoms with van der Waals surface area (Å²) in [7, 11) is 0. The largest absolute Gasteiger partial charge is 0.380 e. The molecule has 2 aromatic rings. The molecular formula is C17H17N5O2S. The second-order valence-electron chi connectivity index (χ2n) is 5.49. The number of rotatable bonds is 4. The predicted octanol–water partition coefficient (Wildman–Crippen LogP) is 1.27. The molecule has 1 aromatic carbocycles. The molecule has 0 saturated carbocycles. The Hall–Kier alpha value is -2.87. The van der Waals surface area contributed by atoms with Crippen molar-refractivity contribution in [2.24, 2.45) is 10.8 Å². The molecule has 1 aromatic heterocycles. The van der Waals surface area contributed by atoms with E-state index in [1.165, 1.54) is 16.7 Å². The fourth-order valence-corrected chi connectivity index (χ4v) is 3.39. The van der Waals surface area contributed by atoms with Gasteiger partial charge in [0.2, 0.25) is 5.91 Å². The molecule has 128 valence electrons. The molecule has 1 aliphatic rings. The van der Waals surface area contributed by atoms with Crippen molar-refractivity contribution in [1.82, 2.24) is 10.4 Å². The van der Waals surface area contributed by atoms with Crippen LogP contribution in [0, 0.1) is 6.92 Å². The lowest BCUT2D eigenvalue weighted by atomic mass is 10.2. The maximum Gasteiger partial charge on any atom is 0.260 e. The number of nitrogens with zero attached hydrogens (tertiary/aromatic N) is 3. The monoisotopic (exact) mass is 355 g/mol. The first-order chi connectivity index (χ1) is 12.0. The van der Waals surface area contributed by atoms with Gasteiger partial charge < -0.3 is 10.6 Å². The van der Waals surface area contributed by atoms with Crippen molar-refractivity contribution in [3.8, 4) is 0 Å². The maximum atomic E-state index is 12.2. The summed E-state index contributed by atoms with van der Waals surface area (Å²) in [6.45, 7) is 1.87. The predicted molar refractivity (Wildman–Crippen MR) is 97.4 cm³/mol. The number of pyridine rings is 1. The first kappa shape index (κ1) is 17.0. The molecule has 7 nitrogen and oxygen atoms in total. The normalized spacial score (nSPS) is 14.2. The second kappa shape index (κ2) is 7.35. The number of aryl methyl sites for hydroxylation is 1. The number of amides is 2. The molecule has 8 heteroatoms. The Balaban J connectivity index is 1.70. The number of hydrazone groups is 1. The molecular weight excluding hydrogens is 338 g/mol. The highest BCUT2D eigenvalue weighted by Crippen LogP contribution is 2.35. The molecule has 0 aliphatic carbocycles. The van der Waals surface area contributed by atoms with E-state index in [9.17, 15) is 9.59 Å². The quantitative estimate of drug-likeness (QED) is 0.489. The van der Waals surface area contributed by atoms with E-state index >= 15 is 0 Å². The molecule has 0 unspecified atom stereocenters. The summed E-state index contributed by atoms with van der Waals surface area (Å²) in [6, 6.07) is 11.0. The maximum absolute atomic E-state index is 12.2. The number of benzene rings is 1. The lowest BCUT2D eigenvalue weighted by Gasteiger charge is -2.28. The van der Waals surface area contributed by atoms with Gasteiger partial charge in [0.25, 0.3) is 5.91 Å². The highest BCUT2D eigenvalue weighted by molar-refractivity contribution is 8.00. The number of aromatic nitrogens is 1. The van der Waals surface area contributed by atoms with E-state index in [1.807, 2.05) is 25.1 Å². The number of nitrogens with one attached hydrogen (secondary N) is 1. The number of hydrogen-bond acceptors (Lipinski definition) is 5. The molecule has 2 amide bonds. The lowest BCUT2D eigenvalue weighted by molar-refractivity contribution is -0.122. The van der Waals surface area contributed by atoms with Gasteiger partial charge in [-0.05, 0) is 36.8 Å². The zero-order chi connectivity index (χ0) is 17.8. The summed E-state index contributed by atoms with van der Waals surface area (Å²) < 4.78 is 0. The molecule has 1 aliphatic heterocycles. The summed E-state index contributed by atoms with van der Waals surface area (Å²) in [6.07, 6.45) is 1.59. The number of carbonyl (C=O) groups is 2. The van der Waals surface area contributed by atoms with E-state index in [1.54, 1.807) is 24.4 Å². The van der Waals surface area contributed by atoms with E-state index < -0.39 is 5.91 Å². The fourth-order valence-electron chi connectivity index (χ4n) is 2.36. The number of hydrogen-bond donors (Lipinski definition) is 2. The minimum atomic E-state index is -0.425. The van der Waals surface area contributed by atoms with Crippen LogP contribution in [0.15, 0.2) is 52.6 Å². The van der Waals surface area contributed by atoms with Crippen LogP contribution in [0.25, 0.3) is 0 Å². The standard InChI is InChI=1S/C17H17N5O2S/c1-11-5-6-13-14(8-11)25-10-16(24)22(13)9-15(23)20-21-17(18)12-4-2-3-7-19-12/h2-8H,9-10H2,1H3,(H2,18,21)(H,20,23). The van der Waals surface area contributed by atoms with Crippen LogP contribution in [0.1, 0.15) is 11.3 Å². The zero-order valence-electron chi connectivity index (χ0n) is 13.6. The van der Waals surface area contributed by atoms with Crippen LogP contribution in [0.4, 0.5) is 5.69 Å². The van der Waals surface area contributed by atoms with Gasteiger partial charge in [0.05, 0.1) is 11.4 Å². The first-order valence-electron chi connectivity index (χ1n) is 7.62. The first-order valence-corrected chi connectivity index (χ1v) is 8.60. The number of thioether (sulfide) groups is 1. The average molecular weight is 355 g/mol. The van der Waals surface area contributed by atoms with Gasteiger partial charge in [0.15, 0.2) is 5.84 Å². The Morgan fingerprint density at radius 2 is 2.24 bits per heavy atom. The van der Waals surface area contributed by atoms with E-state index in [4.69, 9.17) is 5.73 Å². The van der Waals surface area contributed by atoms with Gasteiger partial charge in [-0.15, -0.1) is 11.8 Å². The smallest absolute Gasteiger partial charge is 0.260 e. The van der Waals surface area contributed by atoms with Crippen LogP contribution >= 0.6 is 11.8 Å². The van der Waals surface area contributed by atoms with Crippen molar-refractivity contribution >= 4 is 35.1 Å². The third-order valence-electron chi connectivity index (χ3n) is 3.59. The molecule has 0 atom stereocenters. The van der Waals surface area contributed by atoms with E-state index in [-0.39, 0.29) is 18.3 Å². The van der Waals surface area contributed by atoms with Crippen LogP contribution in [-0.2, 0) is 9.59 Å². The number of nitrogens with two attached hydrogens (primary N) is 1. The molecule has 0 bridgehead atoms. The molecule has 0 fully saturated rings. The van der Waals surface area contributed by atoms with Crippen LogP contribution in [-0.4, -0.2) is 34.9 Å². The lowest BCUT2D eigenvalue weighted by Crippen LogP contribution is -2.42. The van der Waals surface area contributed by atoms with E-state index in [2.05, 4.69) is 15.5 Å². The topological polar surface area (TPSA) is 101 Å². The number of fused-ring (bicyclic) bond motifs is 1. The molecule has 0 saturated heterocycles. The van der Waals surface area contributed by atoms with Crippen LogP contribution < -0.4 is 16.1 Å². The number of carbonyl (C=O) groups excluding carboxylic acids is 2. The molecule has 2 heterocycles. The van der Waals surface area contributed by atoms with Gasteiger partial charge in [0.1, 0.15) is 12.2 Å². The van der Waals surface area contributed by atoms with Gasteiger partial charge in [-0.3, -0.25) is 14.6 Å². The van der Waals surface area contributed by atoms with Crippen molar-refractivity contribution in [3.05, 3.63) is 53.9 Å². The molecule has 0 spiro atoms. The van der Waals surface area contributed by atoms with Crippen LogP contribution in [0.3, 0.4) is 0 Å². The van der Waals surface area contributed by atoms with Gasteiger partial charge in [-0.1, -0.05) is 12.1 Å². The highest BCUT2D eigenvalue weighted by atomic mass is 32.2. The van der Waals surface area contributed by atoms with Crippen molar-refractivity contribution in [2.45, 2.75) is 11.8 Å². The summed E-state index contributed by atoms with van der Waals surface area (Å²) in [5, 5.41) is 3.84. The van der Waals surface area contributed by atoms with E-state index in [0.29, 0.717) is 11.4 Å². The van der Waals surface area contributed by atoms with Gasteiger partial charge in [-0.2, -0.15) is 5.10 Å². The molecule has 25 heavy (non-hydrogen) atoms. The summed E-state index contributed by atoms with van der Waals surface area (Å²) in [4.78, 5) is 30.9. The Morgan fingerprint density at radius 1 is 1.40 bits per heavy atom. The van der Waals surface area contributed by atoms with Crippen molar-refractivity contribution in [2.75, 3.05) is 17.2 Å². The van der Waals surface area contributed by atoms with Gasteiger partial charge >= 0.3 is 0 Å². The SMILES string of the molecule is Cc1ccc2c(c1)SCC(=O)N2CC(=O)N/N=C(\N)c1ccccn1. The Labute approximate surface area is 149 Å². The fraction of sp³-hybridized carbons (Fsp3) is 0.176. The van der Waals surface area contributed by atoms with Crippen molar-refractivity contribution < 1.29 is 9.59 Å². The highest BCUT2D eigenvalue weighted by Gasteiger charge is 2.26. The van der Waals surface area contributed by atoms with Crippen LogP contribution in [0.5, 0.6) is 0 Å². The molecule has 3 rings (SSSR count).